The van der Waals surface area contributed by atoms with Crippen molar-refractivity contribution in [1.29, 1.82) is 0 Å². The van der Waals surface area contributed by atoms with Gasteiger partial charge in [0.15, 0.2) is 5.17 Å². The highest BCUT2D eigenvalue weighted by molar-refractivity contribution is 8.15. The average Bonchev–Trinajstić information content (AvgIpc) is 3.03. The van der Waals surface area contributed by atoms with Crippen molar-refractivity contribution in [2.75, 3.05) is 31.6 Å². The van der Waals surface area contributed by atoms with Crippen LogP contribution in [0.4, 0.5) is 5.69 Å². The van der Waals surface area contributed by atoms with E-state index in [0.29, 0.717) is 18.4 Å². The summed E-state index contributed by atoms with van der Waals surface area (Å²) in [5.74, 6) is -0.408. The second-order valence-electron chi connectivity index (χ2n) is 6.25. The molecule has 0 aliphatic carbocycles. The van der Waals surface area contributed by atoms with Gasteiger partial charge in [-0.1, -0.05) is 42.1 Å². The number of amides is 2. The molecule has 2 aliphatic heterocycles. The number of thioether (sulfide) groups is 1. The Morgan fingerprint density at radius 1 is 1.19 bits per heavy atom. The summed E-state index contributed by atoms with van der Waals surface area (Å²) in [5.41, 5.74) is 0.735. The number of benzene rings is 2. The highest BCUT2D eigenvalue weighted by Gasteiger charge is 2.33. The van der Waals surface area contributed by atoms with Crippen molar-refractivity contribution in [3.05, 3.63) is 42.5 Å². The summed E-state index contributed by atoms with van der Waals surface area (Å²) < 4.78 is 5.32. The van der Waals surface area contributed by atoms with Gasteiger partial charge in [-0.05, 0) is 22.9 Å². The van der Waals surface area contributed by atoms with Gasteiger partial charge in [-0.2, -0.15) is 4.99 Å². The molecule has 0 spiro atoms. The normalized spacial score (nSPS) is 20.3. The molecule has 134 valence electrons. The summed E-state index contributed by atoms with van der Waals surface area (Å²) in [5, 5.41) is 5.33. The average molecular weight is 369 g/mol. The highest BCUT2D eigenvalue weighted by atomic mass is 32.2. The highest BCUT2D eigenvalue weighted by Crippen LogP contribution is 2.28. The van der Waals surface area contributed by atoms with Gasteiger partial charge in [-0.15, -0.1) is 0 Å². The van der Waals surface area contributed by atoms with Gasteiger partial charge in [0.1, 0.15) is 5.25 Å². The van der Waals surface area contributed by atoms with E-state index in [9.17, 15) is 9.59 Å². The van der Waals surface area contributed by atoms with Gasteiger partial charge >= 0.3 is 0 Å². The molecule has 0 aromatic heterocycles. The topological polar surface area (TPSA) is 71.0 Å². The number of hydrogen-bond acceptors (Lipinski definition) is 5. The minimum atomic E-state index is -0.451. The maximum Gasteiger partial charge on any atom is 0.262 e. The minimum absolute atomic E-state index is 0.119. The number of nitrogens with one attached hydrogen (secondary N) is 1. The number of carbonyl (C=O) groups is 2. The zero-order valence-electron chi connectivity index (χ0n) is 14.2. The Balaban J connectivity index is 1.36. The SMILES string of the molecule is O=C(C[C@H]1SC(N2CCOCC2)=NC1=O)Nc1ccc2ccccc2c1. The van der Waals surface area contributed by atoms with Crippen LogP contribution in [0.2, 0.25) is 0 Å². The van der Waals surface area contributed by atoms with Gasteiger partial charge in [0.05, 0.1) is 13.2 Å². The van der Waals surface area contributed by atoms with Crippen molar-refractivity contribution in [2.45, 2.75) is 11.7 Å². The van der Waals surface area contributed by atoms with Gasteiger partial charge in [-0.3, -0.25) is 9.59 Å². The molecule has 1 fully saturated rings. The minimum Gasteiger partial charge on any atom is -0.378 e. The third kappa shape index (κ3) is 3.73. The first-order valence-corrected chi connectivity index (χ1v) is 9.47. The van der Waals surface area contributed by atoms with Gasteiger partial charge in [0, 0.05) is 25.2 Å². The molecule has 0 radical (unpaired) electrons. The van der Waals surface area contributed by atoms with E-state index in [0.717, 1.165) is 29.5 Å². The lowest BCUT2D eigenvalue weighted by atomic mass is 10.1. The van der Waals surface area contributed by atoms with Crippen molar-refractivity contribution >= 4 is 45.2 Å². The molecule has 2 aliphatic rings. The molecule has 1 saturated heterocycles. The molecule has 1 N–H and O–H groups in total. The molecule has 0 unspecified atom stereocenters. The van der Waals surface area contributed by atoms with E-state index < -0.39 is 5.25 Å². The van der Waals surface area contributed by atoms with Crippen LogP contribution in [0.3, 0.4) is 0 Å². The number of rotatable bonds is 3. The summed E-state index contributed by atoms with van der Waals surface area (Å²) in [6.45, 7) is 2.74. The molecular formula is C19H19N3O3S. The lowest BCUT2D eigenvalue weighted by Crippen LogP contribution is -2.39. The Morgan fingerprint density at radius 2 is 1.96 bits per heavy atom. The first-order valence-electron chi connectivity index (χ1n) is 8.59. The van der Waals surface area contributed by atoms with Gasteiger partial charge in [0.25, 0.3) is 5.91 Å². The number of fused-ring (bicyclic) bond motifs is 1. The van der Waals surface area contributed by atoms with Crippen LogP contribution in [0.1, 0.15) is 6.42 Å². The Kier molecular flexibility index (Phi) is 4.90. The maximum atomic E-state index is 12.4. The summed E-state index contributed by atoms with van der Waals surface area (Å²) in [6, 6.07) is 13.8. The molecular weight excluding hydrogens is 350 g/mol. The Morgan fingerprint density at radius 3 is 2.77 bits per heavy atom. The van der Waals surface area contributed by atoms with Crippen molar-refractivity contribution in [3.8, 4) is 0 Å². The van der Waals surface area contributed by atoms with E-state index in [1.807, 2.05) is 47.4 Å². The van der Waals surface area contributed by atoms with E-state index >= 15 is 0 Å². The monoisotopic (exact) mass is 369 g/mol. The second-order valence-corrected chi connectivity index (χ2v) is 7.42. The lowest BCUT2D eigenvalue weighted by Gasteiger charge is -2.27. The Hall–Kier alpha value is -2.38. The maximum absolute atomic E-state index is 12.4. The Bertz CT molecular complexity index is 877. The molecule has 26 heavy (non-hydrogen) atoms. The van der Waals surface area contributed by atoms with Crippen molar-refractivity contribution < 1.29 is 14.3 Å². The fourth-order valence-corrected chi connectivity index (χ4v) is 4.16. The fourth-order valence-electron chi connectivity index (χ4n) is 3.05. The number of carbonyl (C=O) groups excluding carboxylic acids is 2. The lowest BCUT2D eigenvalue weighted by molar-refractivity contribution is -0.121. The number of morpholine rings is 1. The fraction of sp³-hybridized carbons (Fsp3) is 0.316. The summed E-state index contributed by atoms with van der Waals surface area (Å²) >= 11 is 1.38. The zero-order valence-corrected chi connectivity index (χ0v) is 15.0. The van der Waals surface area contributed by atoms with Crippen LogP contribution in [0.25, 0.3) is 10.8 Å². The predicted octanol–water partition coefficient (Wildman–Crippen LogP) is 2.50. The number of aliphatic imine (C=N–C) groups is 1. The van der Waals surface area contributed by atoms with Crippen molar-refractivity contribution in [3.63, 3.8) is 0 Å². The molecule has 0 saturated carbocycles. The van der Waals surface area contributed by atoms with Crippen LogP contribution in [0.15, 0.2) is 47.5 Å². The van der Waals surface area contributed by atoms with Crippen molar-refractivity contribution in [2.24, 2.45) is 4.99 Å². The van der Waals surface area contributed by atoms with E-state index in [-0.39, 0.29) is 18.2 Å². The third-order valence-corrected chi connectivity index (χ3v) is 5.63. The largest absolute Gasteiger partial charge is 0.378 e. The molecule has 2 amide bonds. The number of anilines is 1. The van der Waals surface area contributed by atoms with E-state index in [2.05, 4.69) is 10.3 Å². The standard InChI is InChI=1S/C19H19N3O3S/c23-17(20-15-6-5-13-3-1-2-4-14(13)11-15)12-16-18(24)21-19(26-16)22-7-9-25-10-8-22/h1-6,11,16H,7-10,12H2,(H,20,23)/t16-/m1/s1. The molecule has 6 nitrogen and oxygen atoms in total. The smallest absolute Gasteiger partial charge is 0.262 e. The predicted molar refractivity (Wildman–Crippen MR) is 103 cm³/mol. The number of amidine groups is 1. The second kappa shape index (κ2) is 7.47. The summed E-state index contributed by atoms with van der Waals surface area (Å²) in [6.07, 6.45) is 0.119. The first-order chi connectivity index (χ1) is 12.7. The molecule has 2 aromatic rings. The third-order valence-electron chi connectivity index (χ3n) is 4.41. The van der Waals surface area contributed by atoms with Gasteiger partial charge in [0.2, 0.25) is 5.91 Å². The molecule has 0 bridgehead atoms. The van der Waals surface area contributed by atoms with Crippen LogP contribution in [0.5, 0.6) is 0 Å². The van der Waals surface area contributed by atoms with Gasteiger partial charge in [-0.25, -0.2) is 0 Å². The zero-order chi connectivity index (χ0) is 17.9. The van der Waals surface area contributed by atoms with Crippen LogP contribution in [-0.2, 0) is 14.3 Å². The van der Waals surface area contributed by atoms with E-state index in [1.165, 1.54) is 11.8 Å². The molecule has 1 atom stereocenters. The summed E-state index contributed by atoms with van der Waals surface area (Å²) in [7, 11) is 0. The molecule has 7 heteroatoms. The number of hydrogen-bond donors (Lipinski definition) is 1. The molecule has 2 heterocycles. The Labute approximate surface area is 155 Å². The van der Waals surface area contributed by atoms with Crippen molar-refractivity contribution in [1.82, 2.24) is 4.90 Å². The first kappa shape index (κ1) is 17.1. The van der Waals surface area contributed by atoms with Crippen LogP contribution >= 0.6 is 11.8 Å². The number of ether oxygens (including phenoxy) is 1. The number of nitrogens with zero attached hydrogens (tertiary/aromatic N) is 2. The molecule has 4 rings (SSSR count). The van der Waals surface area contributed by atoms with E-state index in [4.69, 9.17) is 4.74 Å². The van der Waals surface area contributed by atoms with E-state index in [1.54, 1.807) is 0 Å². The van der Waals surface area contributed by atoms with Crippen LogP contribution in [-0.4, -0.2) is 53.4 Å². The quantitative estimate of drug-likeness (QED) is 0.900. The van der Waals surface area contributed by atoms with Gasteiger partial charge < -0.3 is 15.0 Å². The van der Waals surface area contributed by atoms with Crippen LogP contribution in [0, 0.1) is 0 Å². The molecule has 2 aromatic carbocycles. The summed E-state index contributed by atoms with van der Waals surface area (Å²) in [4.78, 5) is 30.7. The van der Waals surface area contributed by atoms with Crippen LogP contribution < -0.4 is 5.32 Å².